The summed E-state index contributed by atoms with van der Waals surface area (Å²) in [7, 11) is 1.68. The zero-order chi connectivity index (χ0) is 53.1. The van der Waals surface area contributed by atoms with E-state index in [1.54, 1.807) is 32.6 Å². The van der Waals surface area contributed by atoms with Gasteiger partial charge in [0.2, 0.25) is 5.91 Å². The van der Waals surface area contributed by atoms with Crippen molar-refractivity contribution in [1.29, 1.82) is 0 Å². The summed E-state index contributed by atoms with van der Waals surface area (Å²) in [6.07, 6.45) is 1.34. The van der Waals surface area contributed by atoms with Crippen LogP contribution in [0.15, 0.2) is 115 Å². The number of carbonyl (C=O) groups is 2. The van der Waals surface area contributed by atoms with Gasteiger partial charge in [0.1, 0.15) is 47.1 Å². The lowest BCUT2D eigenvalue weighted by Crippen LogP contribution is -2.60. The molecule has 2 heterocycles. The molecule has 0 saturated carbocycles. The number of rotatable bonds is 16. The number of esters is 1. The predicted octanol–water partition coefficient (Wildman–Crippen LogP) is 8.90. The average molecular weight is 1020 g/mol. The van der Waals surface area contributed by atoms with Gasteiger partial charge in [-0.3, -0.25) is 9.59 Å². The summed E-state index contributed by atoms with van der Waals surface area (Å²) in [5, 5.41) is 52.2. The molecule has 2 saturated heterocycles. The fourth-order valence-electron chi connectivity index (χ4n) is 12.0. The normalized spacial score (nSPS) is 31.1. The Morgan fingerprint density at radius 1 is 0.781 bits per heavy atom. The lowest BCUT2D eigenvalue weighted by molar-refractivity contribution is -0.295. The molecule has 0 unspecified atom stereocenters. The number of hydrogen-bond acceptors (Lipinski definition) is 10. The second-order valence-electron chi connectivity index (χ2n) is 22.3. The Labute approximate surface area is 438 Å². The van der Waals surface area contributed by atoms with Crippen molar-refractivity contribution in [3.8, 4) is 11.1 Å². The first kappa shape index (κ1) is 58.2. The van der Waals surface area contributed by atoms with E-state index in [-0.39, 0.29) is 56.2 Å². The monoisotopic (exact) mass is 1020 g/mol. The molecule has 4 aromatic rings. The fourth-order valence-corrected chi connectivity index (χ4v) is 16.7. The van der Waals surface area contributed by atoms with Crippen molar-refractivity contribution in [2.45, 2.75) is 180 Å². The highest BCUT2D eigenvalue weighted by Crippen LogP contribution is 2.58. The molecule has 73 heavy (non-hydrogen) atoms. The SMILES string of the molecule is CC[C@H]1OC(=O)[C@H](C)C[C@H](C)[C@@H](O[C@@H]2O[C@H](C)C[C@H](N(C)C)[C@H]2O)[C@](C)(O)C[C@@H](C)CN(C(=O)CCCCCCC[P+](c2ccccc2)(c2ccccc2)c2ccccc2-c2ccccc2)[C@H](C)[C@@H](O)[C@]1(C)O. The molecule has 0 radical (unpaired) electrons. The highest BCUT2D eigenvalue weighted by atomic mass is 31.2. The first-order valence-electron chi connectivity index (χ1n) is 27.1. The molecule has 2 fully saturated rings. The number of aliphatic hydroxyl groups excluding tert-OH is 2. The molecule has 6 rings (SSSR count). The lowest BCUT2D eigenvalue weighted by Gasteiger charge is -2.46. The predicted molar refractivity (Wildman–Crippen MR) is 296 cm³/mol. The minimum absolute atomic E-state index is 0.156. The standard InChI is InChI=1S/C61H88N2O9P/c1-11-53-61(8,69)56(66)46(6)63(41-42(2)40-60(7,68)57(43(3)38-44(4)58(67)71-53)72-59-55(65)51(62(9)10)39-45(5)70-59)54(64)36-24-13-12-14-27-37-73(48-30-20-16-21-31-48,49-32-22-17-23-33-49)52-35-26-25-34-50(52)47-28-18-15-19-29-47/h15-23,25-26,28-35,42-46,51,53,55-57,59,65-66,68-69H,11-14,24,27,36-41H2,1-10H3/q+1/t42-,43+,44-,45-,46-,51+,53-,55-,56-,57-,59+,60-,61-/m1/s1. The van der Waals surface area contributed by atoms with Gasteiger partial charge in [0, 0.05) is 24.6 Å². The molecule has 4 N–H and O–H groups in total. The van der Waals surface area contributed by atoms with E-state index in [4.69, 9.17) is 14.2 Å². The third-order valence-corrected chi connectivity index (χ3v) is 20.5. The van der Waals surface area contributed by atoms with Crippen molar-refractivity contribution in [1.82, 2.24) is 9.80 Å². The number of hydrogen-bond donors (Lipinski definition) is 4. The largest absolute Gasteiger partial charge is 0.459 e. The summed E-state index contributed by atoms with van der Waals surface area (Å²) >= 11 is 0. The van der Waals surface area contributed by atoms with Crippen LogP contribution in [0, 0.1) is 17.8 Å². The molecular formula is C61H88N2O9P+. The van der Waals surface area contributed by atoms with Crippen molar-refractivity contribution >= 4 is 35.1 Å². The average Bonchev–Trinajstić information content (AvgIpc) is 3.37. The molecule has 11 nitrogen and oxygen atoms in total. The van der Waals surface area contributed by atoms with Crippen LogP contribution in [0.5, 0.6) is 0 Å². The van der Waals surface area contributed by atoms with Gasteiger partial charge in [-0.25, -0.2) is 0 Å². The molecule has 13 atom stereocenters. The van der Waals surface area contributed by atoms with E-state index in [2.05, 4.69) is 115 Å². The second kappa shape index (κ2) is 26.1. The molecule has 4 aromatic carbocycles. The van der Waals surface area contributed by atoms with Crippen LogP contribution in [0.25, 0.3) is 11.1 Å². The molecule has 2 aliphatic rings. The zero-order valence-corrected chi connectivity index (χ0v) is 46.4. The van der Waals surface area contributed by atoms with Crippen LogP contribution in [0.1, 0.15) is 120 Å². The minimum Gasteiger partial charge on any atom is -0.459 e. The smallest absolute Gasteiger partial charge is 0.309 e. The van der Waals surface area contributed by atoms with Crippen LogP contribution in [-0.2, 0) is 23.8 Å². The molecular weight excluding hydrogens is 936 g/mol. The Morgan fingerprint density at radius 3 is 1.95 bits per heavy atom. The Hall–Kier alpha value is -4.03. The molecule has 0 spiro atoms. The zero-order valence-electron chi connectivity index (χ0n) is 45.5. The minimum atomic E-state index is -2.13. The maximum Gasteiger partial charge on any atom is 0.309 e. The van der Waals surface area contributed by atoms with Gasteiger partial charge in [0.15, 0.2) is 6.29 Å². The summed E-state index contributed by atoms with van der Waals surface area (Å²) < 4.78 is 18.9. The Balaban J connectivity index is 1.20. The topological polar surface area (TPSA) is 149 Å². The second-order valence-corrected chi connectivity index (χ2v) is 25.9. The number of ether oxygens (including phenoxy) is 3. The van der Waals surface area contributed by atoms with E-state index in [0.717, 1.165) is 31.8 Å². The van der Waals surface area contributed by atoms with Gasteiger partial charge in [0.25, 0.3) is 0 Å². The van der Waals surface area contributed by atoms with Crippen molar-refractivity contribution < 1.29 is 44.2 Å². The Morgan fingerprint density at radius 2 is 1.34 bits per heavy atom. The number of cyclic esters (lactones) is 1. The van der Waals surface area contributed by atoms with Crippen LogP contribution < -0.4 is 15.9 Å². The maximum absolute atomic E-state index is 14.6. The number of unbranched alkanes of at least 4 members (excludes halogenated alkanes) is 4. The Bertz CT molecular complexity index is 2280. The molecule has 0 aromatic heterocycles. The number of likely N-dealkylation sites (N-methyl/N-ethyl adjacent to an activating group) is 1. The molecule has 1 amide bonds. The van der Waals surface area contributed by atoms with E-state index in [0.29, 0.717) is 12.8 Å². The van der Waals surface area contributed by atoms with E-state index in [1.807, 2.05) is 39.8 Å². The van der Waals surface area contributed by atoms with Gasteiger partial charge in [-0.2, -0.15) is 0 Å². The van der Waals surface area contributed by atoms with Crippen LogP contribution >= 0.6 is 7.26 Å². The fraction of sp³-hybridized carbons (Fsp3) is 0.574. The van der Waals surface area contributed by atoms with Crippen molar-refractivity contribution in [2.75, 3.05) is 26.8 Å². The first-order valence-corrected chi connectivity index (χ1v) is 29.1. The summed E-state index contributed by atoms with van der Waals surface area (Å²) in [6.45, 7) is 14.5. The molecule has 2 aliphatic heterocycles. The van der Waals surface area contributed by atoms with Gasteiger partial charge in [0.05, 0.1) is 35.9 Å². The van der Waals surface area contributed by atoms with Crippen molar-refractivity contribution in [2.24, 2.45) is 17.8 Å². The Kier molecular flexibility index (Phi) is 20.9. The quantitative estimate of drug-likeness (QED) is 0.0487. The van der Waals surface area contributed by atoms with E-state index in [9.17, 15) is 30.0 Å². The van der Waals surface area contributed by atoms with Crippen LogP contribution in [0.3, 0.4) is 0 Å². The number of carbonyl (C=O) groups excluding carboxylic acids is 2. The van der Waals surface area contributed by atoms with Gasteiger partial charge in [-0.1, -0.05) is 125 Å². The van der Waals surface area contributed by atoms with Gasteiger partial charge >= 0.3 is 5.97 Å². The molecule has 12 heteroatoms. The number of amides is 1. The van der Waals surface area contributed by atoms with E-state index >= 15 is 0 Å². The number of benzene rings is 4. The number of nitrogens with zero attached hydrogens (tertiary/aromatic N) is 2. The van der Waals surface area contributed by atoms with E-state index < -0.39 is 73.0 Å². The molecule has 0 aliphatic carbocycles. The third-order valence-electron chi connectivity index (χ3n) is 15.9. The summed E-state index contributed by atoms with van der Waals surface area (Å²) in [5.41, 5.74) is -0.924. The highest BCUT2D eigenvalue weighted by molar-refractivity contribution is 7.95. The first-order chi connectivity index (χ1) is 34.7. The maximum atomic E-state index is 14.6. The van der Waals surface area contributed by atoms with E-state index in [1.165, 1.54) is 34.0 Å². The third kappa shape index (κ3) is 14.1. The van der Waals surface area contributed by atoms with Crippen LogP contribution in [0.4, 0.5) is 0 Å². The lowest BCUT2D eigenvalue weighted by atomic mass is 9.79. The van der Waals surface area contributed by atoms with Crippen molar-refractivity contribution in [3.05, 3.63) is 115 Å². The molecule has 400 valence electrons. The van der Waals surface area contributed by atoms with Gasteiger partial charge in [-0.05, 0) is 134 Å². The van der Waals surface area contributed by atoms with Crippen molar-refractivity contribution in [3.63, 3.8) is 0 Å². The van der Waals surface area contributed by atoms with Crippen LogP contribution in [-0.4, -0.2) is 129 Å². The van der Waals surface area contributed by atoms with Gasteiger partial charge < -0.3 is 44.4 Å². The summed E-state index contributed by atoms with van der Waals surface area (Å²) in [4.78, 5) is 32.0. The van der Waals surface area contributed by atoms with Gasteiger partial charge in [-0.15, -0.1) is 0 Å². The summed E-state index contributed by atoms with van der Waals surface area (Å²) in [5.74, 6) is -2.07. The number of aliphatic hydroxyl groups is 4. The van der Waals surface area contributed by atoms with Crippen LogP contribution in [0.2, 0.25) is 0 Å². The molecule has 0 bridgehead atoms. The highest BCUT2D eigenvalue weighted by Gasteiger charge is 2.50. The summed E-state index contributed by atoms with van der Waals surface area (Å²) in [6, 6.07) is 40.5.